The molecule has 4 rings (SSSR count). The van der Waals surface area contributed by atoms with E-state index in [0.29, 0.717) is 17.9 Å². The Bertz CT molecular complexity index is 1060. The number of carbonyl (C=O) groups excluding carboxylic acids is 1. The highest BCUT2D eigenvalue weighted by Crippen LogP contribution is 2.26. The van der Waals surface area contributed by atoms with Gasteiger partial charge in [0.25, 0.3) is 11.8 Å². The molecule has 0 saturated heterocycles. The van der Waals surface area contributed by atoms with E-state index in [1.165, 1.54) is 11.3 Å². The van der Waals surface area contributed by atoms with Crippen LogP contribution in [0.3, 0.4) is 0 Å². The van der Waals surface area contributed by atoms with E-state index in [4.69, 9.17) is 9.15 Å². The zero-order chi connectivity index (χ0) is 19.3. The minimum atomic E-state index is -0.640. The van der Waals surface area contributed by atoms with Gasteiger partial charge in [-0.15, -0.1) is 21.5 Å². The number of aromatic nitrogens is 2. The van der Waals surface area contributed by atoms with Gasteiger partial charge in [0.1, 0.15) is 0 Å². The van der Waals surface area contributed by atoms with Crippen LogP contribution in [-0.4, -0.2) is 16.2 Å². The van der Waals surface area contributed by atoms with Gasteiger partial charge < -0.3 is 9.15 Å². The number of benzene rings is 2. The first-order valence-corrected chi connectivity index (χ1v) is 9.79. The number of nitrogens with zero attached hydrogens (tertiary/aromatic N) is 2. The Balaban J connectivity index is 1.49. The second kappa shape index (κ2) is 8.19. The predicted octanol–water partition coefficient (Wildman–Crippen LogP) is 5.31. The highest BCUT2D eigenvalue weighted by Gasteiger charge is 2.21. The average Bonchev–Trinajstić information content (AvgIpc) is 3.41. The molecule has 0 radical (unpaired) electrons. The van der Waals surface area contributed by atoms with Crippen LogP contribution in [0.5, 0.6) is 0 Å². The van der Waals surface area contributed by atoms with Gasteiger partial charge in [0, 0.05) is 0 Å². The SMILES string of the molecule is C[C@@H](OC(=O)c1ccccc1Cc1ccccc1)c1nnc(-c2cccs2)o1. The fourth-order valence-electron chi connectivity index (χ4n) is 2.86. The van der Waals surface area contributed by atoms with Crippen molar-refractivity contribution in [2.24, 2.45) is 0 Å². The zero-order valence-electron chi connectivity index (χ0n) is 15.2. The molecule has 0 fully saturated rings. The maximum Gasteiger partial charge on any atom is 0.339 e. The van der Waals surface area contributed by atoms with Crippen LogP contribution >= 0.6 is 11.3 Å². The van der Waals surface area contributed by atoms with Gasteiger partial charge >= 0.3 is 5.97 Å². The maximum absolute atomic E-state index is 12.8. The summed E-state index contributed by atoms with van der Waals surface area (Å²) < 4.78 is 11.3. The molecular weight excluding hydrogens is 372 g/mol. The van der Waals surface area contributed by atoms with Crippen LogP contribution in [0.2, 0.25) is 0 Å². The average molecular weight is 390 g/mol. The molecule has 1 atom stereocenters. The molecule has 0 saturated carbocycles. The lowest BCUT2D eigenvalue weighted by Gasteiger charge is -2.12. The summed E-state index contributed by atoms with van der Waals surface area (Å²) in [5, 5.41) is 9.99. The molecule has 5 nitrogen and oxygen atoms in total. The Morgan fingerprint density at radius 3 is 2.61 bits per heavy atom. The first-order valence-electron chi connectivity index (χ1n) is 8.91. The van der Waals surface area contributed by atoms with Gasteiger partial charge in [-0.25, -0.2) is 4.79 Å². The molecule has 2 aromatic heterocycles. The lowest BCUT2D eigenvalue weighted by molar-refractivity contribution is 0.0279. The lowest BCUT2D eigenvalue weighted by atomic mass is 10.00. The van der Waals surface area contributed by atoms with Crippen LogP contribution in [0.4, 0.5) is 0 Å². The standard InChI is InChI=1S/C22H18N2O3S/c1-15(20-23-24-21(27-20)19-12-7-13-28-19)26-22(25)18-11-6-5-10-17(18)14-16-8-3-2-4-9-16/h2-13,15H,14H2,1H3/t15-/m1/s1. The molecule has 6 heteroatoms. The quantitative estimate of drug-likeness (QED) is 0.418. The molecule has 0 spiro atoms. The minimum absolute atomic E-state index is 0.275. The van der Waals surface area contributed by atoms with Gasteiger partial charge in [-0.3, -0.25) is 0 Å². The van der Waals surface area contributed by atoms with Crippen molar-refractivity contribution in [1.29, 1.82) is 0 Å². The smallest absolute Gasteiger partial charge is 0.339 e. The van der Waals surface area contributed by atoms with Crippen molar-refractivity contribution in [1.82, 2.24) is 10.2 Å². The van der Waals surface area contributed by atoms with Crippen molar-refractivity contribution in [2.45, 2.75) is 19.4 Å². The van der Waals surface area contributed by atoms with E-state index in [0.717, 1.165) is 16.0 Å². The van der Waals surface area contributed by atoms with Gasteiger partial charge in [0.15, 0.2) is 6.10 Å². The van der Waals surface area contributed by atoms with E-state index < -0.39 is 12.1 Å². The molecule has 0 unspecified atom stereocenters. The van der Waals surface area contributed by atoms with Crippen LogP contribution in [0, 0.1) is 0 Å². The second-order valence-electron chi connectivity index (χ2n) is 6.29. The van der Waals surface area contributed by atoms with Crippen molar-refractivity contribution in [2.75, 3.05) is 0 Å². The van der Waals surface area contributed by atoms with Crippen molar-refractivity contribution >= 4 is 17.3 Å². The summed E-state index contributed by atoms with van der Waals surface area (Å²) in [6.45, 7) is 1.73. The normalized spacial score (nSPS) is 11.9. The van der Waals surface area contributed by atoms with Gasteiger partial charge in [-0.1, -0.05) is 54.6 Å². The van der Waals surface area contributed by atoms with E-state index in [-0.39, 0.29) is 5.89 Å². The van der Waals surface area contributed by atoms with E-state index in [2.05, 4.69) is 10.2 Å². The maximum atomic E-state index is 12.8. The molecule has 0 aliphatic heterocycles. The zero-order valence-corrected chi connectivity index (χ0v) is 16.1. The van der Waals surface area contributed by atoms with Crippen LogP contribution in [-0.2, 0) is 11.2 Å². The van der Waals surface area contributed by atoms with E-state index in [1.807, 2.05) is 66.0 Å². The molecule has 2 heterocycles. The number of carbonyl (C=O) groups is 1. The highest BCUT2D eigenvalue weighted by molar-refractivity contribution is 7.13. The number of thiophene rings is 1. The molecule has 140 valence electrons. The monoisotopic (exact) mass is 390 g/mol. The van der Waals surface area contributed by atoms with Crippen molar-refractivity contribution < 1.29 is 13.9 Å². The Labute approximate surface area is 166 Å². The molecule has 0 aliphatic rings. The van der Waals surface area contributed by atoms with Gasteiger partial charge in [-0.2, -0.15) is 0 Å². The topological polar surface area (TPSA) is 65.2 Å². The van der Waals surface area contributed by atoms with Gasteiger partial charge in [-0.05, 0) is 42.0 Å². The summed E-state index contributed by atoms with van der Waals surface area (Å²) >= 11 is 1.51. The number of hydrogen-bond donors (Lipinski definition) is 0. The molecular formula is C22H18N2O3S. The number of rotatable bonds is 6. The summed E-state index contributed by atoms with van der Waals surface area (Å²) in [6.07, 6.45) is 0.0160. The number of ether oxygens (including phenoxy) is 1. The molecule has 0 amide bonds. The molecule has 2 aromatic carbocycles. The highest BCUT2D eigenvalue weighted by atomic mass is 32.1. The van der Waals surface area contributed by atoms with E-state index >= 15 is 0 Å². The number of esters is 1. The van der Waals surface area contributed by atoms with E-state index in [9.17, 15) is 4.79 Å². The first-order chi connectivity index (χ1) is 13.7. The second-order valence-corrected chi connectivity index (χ2v) is 7.24. The Kier molecular flexibility index (Phi) is 5.30. The predicted molar refractivity (Wildman–Crippen MR) is 107 cm³/mol. The van der Waals surface area contributed by atoms with Crippen LogP contribution < -0.4 is 0 Å². The third-order valence-corrected chi connectivity index (χ3v) is 5.14. The Morgan fingerprint density at radius 2 is 1.82 bits per heavy atom. The van der Waals surface area contributed by atoms with Crippen LogP contribution in [0.15, 0.2) is 76.5 Å². The third kappa shape index (κ3) is 4.02. The van der Waals surface area contributed by atoms with Gasteiger partial charge in [0.05, 0.1) is 10.4 Å². The van der Waals surface area contributed by atoms with Crippen molar-refractivity contribution in [3.05, 3.63) is 94.7 Å². The lowest BCUT2D eigenvalue weighted by Crippen LogP contribution is -2.12. The van der Waals surface area contributed by atoms with Crippen molar-refractivity contribution in [3.63, 3.8) is 0 Å². The van der Waals surface area contributed by atoms with Gasteiger partial charge in [0.2, 0.25) is 0 Å². The summed E-state index contributed by atoms with van der Waals surface area (Å²) in [6, 6.07) is 21.3. The van der Waals surface area contributed by atoms with Crippen LogP contribution in [0.1, 0.15) is 40.4 Å². The first kappa shape index (κ1) is 18.1. The minimum Gasteiger partial charge on any atom is -0.449 e. The Morgan fingerprint density at radius 1 is 1.04 bits per heavy atom. The van der Waals surface area contributed by atoms with Crippen molar-refractivity contribution in [3.8, 4) is 10.8 Å². The Hall–Kier alpha value is -3.25. The molecule has 0 N–H and O–H groups in total. The third-order valence-electron chi connectivity index (χ3n) is 4.28. The fourth-order valence-corrected chi connectivity index (χ4v) is 3.51. The summed E-state index contributed by atoms with van der Waals surface area (Å²) in [4.78, 5) is 13.6. The fraction of sp³-hybridized carbons (Fsp3) is 0.136. The van der Waals surface area contributed by atoms with Crippen LogP contribution in [0.25, 0.3) is 10.8 Å². The van der Waals surface area contributed by atoms with E-state index in [1.54, 1.807) is 13.0 Å². The summed E-state index contributed by atoms with van der Waals surface area (Å²) in [5.74, 6) is 0.296. The molecule has 4 aromatic rings. The summed E-state index contributed by atoms with van der Waals surface area (Å²) in [5.41, 5.74) is 2.58. The molecule has 0 bridgehead atoms. The summed E-state index contributed by atoms with van der Waals surface area (Å²) in [7, 11) is 0. The number of hydrogen-bond acceptors (Lipinski definition) is 6. The molecule has 0 aliphatic carbocycles. The largest absolute Gasteiger partial charge is 0.449 e. The molecule has 28 heavy (non-hydrogen) atoms.